The molecule has 0 unspecified atom stereocenters. The van der Waals surface area contributed by atoms with Crippen molar-refractivity contribution < 1.29 is 13.3 Å². The number of anilines is 1. The van der Waals surface area contributed by atoms with Crippen LogP contribution < -0.4 is 5.32 Å². The maximum Gasteiger partial charge on any atom is 0.292 e. The molecule has 0 aliphatic carbocycles. The Morgan fingerprint density at radius 1 is 1.42 bits per heavy atom. The summed E-state index contributed by atoms with van der Waals surface area (Å²) >= 11 is 3.21. The lowest BCUT2D eigenvalue weighted by atomic mass is 10.2. The van der Waals surface area contributed by atoms with Gasteiger partial charge >= 0.3 is 0 Å². The summed E-state index contributed by atoms with van der Waals surface area (Å²) in [5.74, 6) is -0.135. The Bertz CT molecular complexity index is 574. The number of nitrogens with one attached hydrogen (secondary N) is 1. The van der Waals surface area contributed by atoms with Crippen LogP contribution in [0.3, 0.4) is 0 Å². The van der Waals surface area contributed by atoms with Crippen molar-refractivity contribution in [2.24, 2.45) is 0 Å². The number of hydrogen-bond acceptors (Lipinski definition) is 5. The van der Waals surface area contributed by atoms with Crippen LogP contribution in [0.15, 0.2) is 22.7 Å². The molecule has 0 saturated heterocycles. The normalized spacial score (nSPS) is 11.6. The van der Waals surface area contributed by atoms with Crippen molar-refractivity contribution in [2.75, 3.05) is 31.7 Å². The van der Waals surface area contributed by atoms with Gasteiger partial charge in [0.05, 0.1) is 10.7 Å². The average molecular weight is 352 g/mol. The molecule has 1 aromatic carbocycles. The summed E-state index contributed by atoms with van der Waals surface area (Å²) in [5, 5.41) is 13.6. The molecule has 0 aliphatic rings. The first-order valence-electron chi connectivity index (χ1n) is 5.32. The first-order chi connectivity index (χ1) is 8.74. The Balaban J connectivity index is 2.78. The van der Waals surface area contributed by atoms with E-state index in [4.69, 9.17) is 0 Å². The molecule has 0 radical (unpaired) electrons. The van der Waals surface area contributed by atoms with E-state index in [1.807, 2.05) is 0 Å². The van der Waals surface area contributed by atoms with E-state index in [9.17, 15) is 18.5 Å². The number of nitro benzene ring substituents is 1. The van der Waals surface area contributed by atoms with E-state index in [0.29, 0.717) is 4.47 Å². The maximum atomic E-state index is 11.5. The van der Waals surface area contributed by atoms with Crippen molar-refractivity contribution in [1.29, 1.82) is 0 Å². The molecular weight excluding hydrogens is 338 g/mol. The van der Waals surface area contributed by atoms with Crippen LogP contribution in [0.4, 0.5) is 11.4 Å². The van der Waals surface area contributed by atoms with E-state index in [1.54, 1.807) is 12.1 Å². The van der Waals surface area contributed by atoms with E-state index >= 15 is 0 Å². The van der Waals surface area contributed by atoms with Crippen LogP contribution in [-0.4, -0.2) is 44.0 Å². The van der Waals surface area contributed by atoms with Crippen LogP contribution in [0.5, 0.6) is 0 Å². The third-order valence-corrected chi connectivity index (χ3v) is 4.71. The molecule has 0 saturated carbocycles. The summed E-state index contributed by atoms with van der Waals surface area (Å²) < 4.78 is 24.9. The first-order valence-corrected chi connectivity index (χ1v) is 7.72. The topological polar surface area (TPSA) is 92.6 Å². The van der Waals surface area contributed by atoms with Gasteiger partial charge in [-0.15, -0.1) is 0 Å². The van der Waals surface area contributed by atoms with E-state index in [-0.39, 0.29) is 23.7 Å². The number of halogens is 1. The highest BCUT2D eigenvalue weighted by atomic mass is 79.9. The molecule has 0 spiro atoms. The van der Waals surface area contributed by atoms with E-state index in [0.717, 1.165) is 4.31 Å². The smallest absolute Gasteiger partial charge is 0.292 e. The summed E-state index contributed by atoms with van der Waals surface area (Å²) in [6.07, 6.45) is 0. The summed E-state index contributed by atoms with van der Waals surface area (Å²) in [7, 11) is -0.440. The molecule has 7 nitrogen and oxygen atoms in total. The Kier molecular flexibility index (Phi) is 5.27. The van der Waals surface area contributed by atoms with Gasteiger partial charge in [0, 0.05) is 31.2 Å². The molecule has 0 bridgehead atoms. The molecule has 0 amide bonds. The van der Waals surface area contributed by atoms with Gasteiger partial charge < -0.3 is 5.32 Å². The fourth-order valence-corrected chi connectivity index (χ4v) is 2.39. The quantitative estimate of drug-likeness (QED) is 0.621. The molecule has 1 rings (SSSR count). The molecule has 0 heterocycles. The predicted octanol–water partition coefficient (Wildman–Crippen LogP) is 1.66. The van der Waals surface area contributed by atoms with E-state index < -0.39 is 14.9 Å². The fraction of sp³-hybridized carbons (Fsp3) is 0.400. The molecule has 0 aromatic heterocycles. The molecule has 19 heavy (non-hydrogen) atoms. The third-order valence-electron chi connectivity index (χ3n) is 2.39. The Labute approximate surface area is 119 Å². The summed E-state index contributed by atoms with van der Waals surface area (Å²) in [4.78, 5) is 10.3. The molecule has 0 atom stereocenters. The monoisotopic (exact) mass is 351 g/mol. The zero-order chi connectivity index (χ0) is 14.6. The van der Waals surface area contributed by atoms with Crippen molar-refractivity contribution in [3.8, 4) is 0 Å². The fourth-order valence-electron chi connectivity index (χ4n) is 1.31. The number of benzene rings is 1. The Morgan fingerprint density at radius 2 is 2.05 bits per heavy atom. The van der Waals surface area contributed by atoms with Crippen LogP contribution in [0, 0.1) is 10.1 Å². The van der Waals surface area contributed by atoms with Gasteiger partial charge in [0.15, 0.2) is 0 Å². The highest BCUT2D eigenvalue weighted by Gasteiger charge is 2.16. The second-order valence-corrected chi connectivity index (χ2v) is 7.16. The van der Waals surface area contributed by atoms with Gasteiger partial charge in [-0.25, -0.2) is 12.7 Å². The molecule has 106 valence electrons. The summed E-state index contributed by atoms with van der Waals surface area (Å²) in [6, 6.07) is 4.45. The van der Waals surface area contributed by atoms with Crippen LogP contribution in [-0.2, 0) is 10.0 Å². The second kappa shape index (κ2) is 6.31. The van der Waals surface area contributed by atoms with Gasteiger partial charge in [0.25, 0.3) is 5.69 Å². The van der Waals surface area contributed by atoms with E-state index in [1.165, 1.54) is 20.2 Å². The van der Waals surface area contributed by atoms with Gasteiger partial charge in [0.2, 0.25) is 10.0 Å². The molecule has 9 heteroatoms. The van der Waals surface area contributed by atoms with Crippen LogP contribution in [0.2, 0.25) is 0 Å². The molecule has 0 aliphatic heterocycles. The average Bonchev–Trinajstić information content (AvgIpc) is 2.28. The zero-order valence-electron chi connectivity index (χ0n) is 10.5. The number of nitrogens with zero attached hydrogens (tertiary/aromatic N) is 2. The Morgan fingerprint density at radius 3 is 2.58 bits per heavy atom. The molecule has 0 fully saturated rings. The van der Waals surface area contributed by atoms with Gasteiger partial charge in [-0.05, 0) is 12.1 Å². The standard InChI is InChI=1S/C10H14BrN3O4S/c1-13(2)19(17,18)6-5-12-9-7-8(11)3-4-10(9)14(15)16/h3-4,7,12H,5-6H2,1-2H3. The van der Waals surface area contributed by atoms with Gasteiger partial charge in [-0.1, -0.05) is 15.9 Å². The van der Waals surface area contributed by atoms with Gasteiger partial charge in [0.1, 0.15) is 5.69 Å². The first kappa shape index (κ1) is 15.9. The molecular formula is C10H14BrN3O4S. The number of sulfonamides is 1. The van der Waals surface area contributed by atoms with Crippen molar-refractivity contribution >= 4 is 37.3 Å². The van der Waals surface area contributed by atoms with Crippen LogP contribution in [0.1, 0.15) is 0 Å². The maximum absolute atomic E-state index is 11.5. The number of hydrogen-bond donors (Lipinski definition) is 1. The van der Waals surface area contributed by atoms with Crippen molar-refractivity contribution in [2.45, 2.75) is 0 Å². The van der Waals surface area contributed by atoms with Gasteiger partial charge in [-0.3, -0.25) is 10.1 Å². The molecule has 1 N–H and O–H groups in total. The van der Waals surface area contributed by atoms with Crippen LogP contribution in [0.25, 0.3) is 0 Å². The minimum Gasteiger partial charge on any atom is -0.378 e. The van der Waals surface area contributed by atoms with E-state index in [2.05, 4.69) is 21.2 Å². The van der Waals surface area contributed by atoms with Crippen molar-refractivity contribution in [3.63, 3.8) is 0 Å². The SMILES string of the molecule is CN(C)S(=O)(=O)CCNc1cc(Br)ccc1[N+](=O)[O-]. The van der Waals surface area contributed by atoms with Gasteiger partial charge in [-0.2, -0.15) is 0 Å². The lowest BCUT2D eigenvalue weighted by molar-refractivity contribution is -0.384. The minimum absolute atomic E-state index is 0.0922. The molecule has 1 aromatic rings. The minimum atomic E-state index is -3.32. The highest BCUT2D eigenvalue weighted by Crippen LogP contribution is 2.27. The summed E-state index contributed by atoms with van der Waals surface area (Å²) in [6.45, 7) is 0.0950. The predicted molar refractivity (Wildman–Crippen MR) is 76.8 cm³/mol. The summed E-state index contributed by atoms with van der Waals surface area (Å²) in [5.41, 5.74) is 0.193. The van der Waals surface area contributed by atoms with Crippen molar-refractivity contribution in [1.82, 2.24) is 4.31 Å². The lowest BCUT2D eigenvalue weighted by Gasteiger charge is -2.12. The van der Waals surface area contributed by atoms with Crippen molar-refractivity contribution in [3.05, 3.63) is 32.8 Å². The lowest BCUT2D eigenvalue weighted by Crippen LogP contribution is -2.28. The second-order valence-electron chi connectivity index (χ2n) is 3.94. The zero-order valence-corrected chi connectivity index (χ0v) is 12.9. The largest absolute Gasteiger partial charge is 0.378 e. The third kappa shape index (κ3) is 4.44. The highest BCUT2D eigenvalue weighted by molar-refractivity contribution is 9.10. The number of rotatable bonds is 6. The van der Waals surface area contributed by atoms with Crippen LogP contribution >= 0.6 is 15.9 Å². The number of nitro groups is 1. The Hall–Kier alpha value is -1.19.